The first-order valence-corrected chi connectivity index (χ1v) is 6.26. The van der Waals surface area contributed by atoms with E-state index in [4.69, 9.17) is 0 Å². The molecule has 0 unspecified atom stereocenters. The van der Waals surface area contributed by atoms with Crippen LogP contribution in [-0.2, 0) is 9.53 Å². The number of hydrogen-bond acceptors (Lipinski definition) is 3. The van der Waals surface area contributed by atoms with Crippen LogP contribution in [0.3, 0.4) is 0 Å². The Morgan fingerprint density at radius 3 is 2.43 bits per heavy atom. The molecule has 0 fully saturated rings. The number of rotatable bonds is 4. The van der Waals surface area contributed by atoms with E-state index in [0.717, 1.165) is 16.6 Å². The van der Waals surface area contributed by atoms with E-state index in [9.17, 15) is 10.0 Å². The van der Waals surface area contributed by atoms with Gasteiger partial charge in [0.25, 0.3) is 0 Å². The molecule has 5 heteroatoms. The minimum atomic E-state index is -0.373. The number of nitrogens with two attached hydrogens (primary N) is 1. The Bertz CT molecular complexity index is 439. The summed E-state index contributed by atoms with van der Waals surface area (Å²) in [6.45, 7) is 14.2. The summed E-state index contributed by atoms with van der Waals surface area (Å²) in [5.41, 5.74) is 3.23. The Hall–Kier alpha value is -1.18. The average Bonchev–Trinajstić information content (AvgIpc) is 2.40. The molecule has 1 aromatic carbocycles. The molecule has 0 aliphatic heterocycles. The van der Waals surface area contributed by atoms with Crippen molar-refractivity contribution < 1.29 is 33.9 Å². The molecular formula is C16H22LiNO3-2. The van der Waals surface area contributed by atoms with Crippen LogP contribution >= 0.6 is 0 Å². The molecule has 1 rings (SSSR count). The van der Waals surface area contributed by atoms with E-state index in [0.29, 0.717) is 12.1 Å². The van der Waals surface area contributed by atoms with Gasteiger partial charge in [-0.3, -0.25) is 0 Å². The normalized spacial score (nSPS) is 10.8. The molecule has 0 aromatic heterocycles. The third-order valence-electron chi connectivity index (χ3n) is 2.26. The fourth-order valence-electron chi connectivity index (χ4n) is 1.30. The fraction of sp³-hybridized carbons (Fsp3) is 0.312. The number of allylic oxidation sites excluding steroid dienone is 2. The van der Waals surface area contributed by atoms with E-state index in [1.165, 1.54) is 6.47 Å². The molecule has 2 N–H and O–H groups in total. The minimum Gasteiger partial charge on any atom is -0.649 e. The van der Waals surface area contributed by atoms with E-state index in [2.05, 4.69) is 18.6 Å². The van der Waals surface area contributed by atoms with Crippen LogP contribution in [0.2, 0.25) is 0 Å². The molecule has 0 saturated carbocycles. The van der Waals surface area contributed by atoms with Crippen molar-refractivity contribution >= 4 is 17.7 Å². The van der Waals surface area contributed by atoms with Gasteiger partial charge in [-0.05, 0) is 32.9 Å². The second-order valence-electron chi connectivity index (χ2n) is 5.02. The summed E-state index contributed by atoms with van der Waals surface area (Å²) in [5, 5.41) is 10.5. The standard InChI is InChI=1S/C11H13NO.C5H9O2.Li/c1-3-9(4-2)10-6-5-7-11(8-10)12-13;1-5(2,3)7-4-6;/h3,5-8H,1-2,4,12H2;1-3H3;/q-2;-1;+1/b9-3+;;. The van der Waals surface area contributed by atoms with Gasteiger partial charge in [-0.1, -0.05) is 18.6 Å². The monoisotopic (exact) mass is 283 g/mol. The van der Waals surface area contributed by atoms with Gasteiger partial charge in [0.05, 0.1) is 5.60 Å². The quantitative estimate of drug-likeness (QED) is 0.357. The van der Waals surface area contributed by atoms with Crippen molar-refractivity contribution in [2.24, 2.45) is 0 Å². The van der Waals surface area contributed by atoms with Crippen LogP contribution in [-0.4, -0.2) is 12.1 Å². The maximum atomic E-state index is 10.5. The zero-order valence-electron chi connectivity index (χ0n) is 13.3. The molecule has 21 heavy (non-hydrogen) atoms. The molecule has 0 saturated heterocycles. The van der Waals surface area contributed by atoms with Crippen LogP contribution in [0.4, 0.5) is 5.69 Å². The summed E-state index contributed by atoms with van der Waals surface area (Å²) >= 11 is 0. The Balaban J connectivity index is 0. The van der Waals surface area contributed by atoms with Crippen molar-refractivity contribution in [3.63, 3.8) is 0 Å². The van der Waals surface area contributed by atoms with Gasteiger partial charge in [-0.2, -0.15) is 0 Å². The van der Waals surface area contributed by atoms with Crippen molar-refractivity contribution in [2.75, 3.05) is 0 Å². The van der Waals surface area contributed by atoms with Crippen LogP contribution < -0.4 is 24.3 Å². The van der Waals surface area contributed by atoms with Crippen molar-refractivity contribution in [3.8, 4) is 0 Å². The predicted octanol–water partition coefficient (Wildman–Crippen LogP) is -0.306. The second kappa shape index (κ2) is 11.5. The van der Waals surface area contributed by atoms with Gasteiger partial charge >= 0.3 is 18.9 Å². The largest absolute Gasteiger partial charge is 1.00 e. The van der Waals surface area contributed by atoms with E-state index >= 15 is 0 Å². The summed E-state index contributed by atoms with van der Waals surface area (Å²) in [7, 11) is 0. The predicted molar refractivity (Wildman–Crippen MR) is 81.2 cm³/mol. The van der Waals surface area contributed by atoms with Crippen LogP contribution in [0, 0.1) is 19.1 Å². The molecule has 0 bridgehead atoms. The second-order valence-corrected chi connectivity index (χ2v) is 5.02. The molecule has 0 amide bonds. The van der Waals surface area contributed by atoms with Crippen molar-refractivity contribution in [2.45, 2.75) is 32.8 Å². The van der Waals surface area contributed by atoms with Crippen LogP contribution in [0.15, 0.2) is 30.3 Å². The topological polar surface area (TPSA) is 66.0 Å². The molecular weight excluding hydrogens is 261 g/mol. The summed E-state index contributed by atoms with van der Waals surface area (Å²) in [6, 6.07) is 7.43. The van der Waals surface area contributed by atoms with Crippen molar-refractivity contribution in [3.05, 3.63) is 55.0 Å². The molecule has 112 valence electrons. The number of quaternary nitrogens is 1. The molecule has 0 aliphatic rings. The number of benzene rings is 1. The van der Waals surface area contributed by atoms with Gasteiger partial charge in [-0.25, -0.2) is 25.0 Å². The first kappa shape index (κ1) is 22.1. The average molecular weight is 283 g/mol. The van der Waals surface area contributed by atoms with E-state index in [1.807, 2.05) is 18.2 Å². The van der Waals surface area contributed by atoms with Gasteiger partial charge in [0.2, 0.25) is 0 Å². The Morgan fingerprint density at radius 2 is 2.10 bits per heavy atom. The first-order valence-electron chi connectivity index (χ1n) is 6.26. The smallest absolute Gasteiger partial charge is 0.649 e. The van der Waals surface area contributed by atoms with Gasteiger partial charge < -0.3 is 27.1 Å². The molecule has 0 spiro atoms. The van der Waals surface area contributed by atoms with Crippen molar-refractivity contribution in [1.29, 1.82) is 0 Å². The van der Waals surface area contributed by atoms with Crippen LogP contribution in [0.1, 0.15) is 32.8 Å². The summed E-state index contributed by atoms with van der Waals surface area (Å²) < 4.78 is 4.42. The zero-order chi connectivity index (χ0) is 15.6. The van der Waals surface area contributed by atoms with Gasteiger partial charge in [0.15, 0.2) is 0 Å². The molecule has 0 aliphatic carbocycles. The number of hydrogen-bond donors (Lipinski definition) is 1. The SMILES string of the molecule is CC(C)(C)O[C-]=O.[CH2-]/C=C(\C[CH2-])c1cccc([NH2+][O-])c1.[Li+]. The van der Waals surface area contributed by atoms with Gasteiger partial charge in [-0.15, -0.1) is 5.56 Å². The summed E-state index contributed by atoms with van der Waals surface area (Å²) in [5.74, 6) is 0. The van der Waals surface area contributed by atoms with Crippen LogP contribution in [0.5, 0.6) is 0 Å². The molecule has 0 atom stereocenters. The number of carbonyl (C=O) groups excluding carboxylic acids is 1. The maximum absolute atomic E-state index is 10.5. The Kier molecular flexibility index (Phi) is 12.1. The van der Waals surface area contributed by atoms with E-state index in [-0.39, 0.29) is 24.5 Å². The summed E-state index contributed by atoms with van der Waals surface area (Å²) in [4.78, 5) is 9.47. The minimum absolute atomic E-state index is 0. The molecule has 0 radical (unpaired) electrons. The Labute approximate surface area is 139 Å². The third kappa shape index (κ3) is 10.2. The van der Waals surface area contributed by atoms with E-state index in [1.54, 1.807) is 32.9 Å². The van der Waals surface area contributed by atoms with Crippen LogP contribution in [0.25, 0.3) is 5.57 Å². The van der Waals surface area contributed by atoms with Crippen molar-refractivity contribution in [1.82, 2.24) is 0 Å². The third-order valence-corrected chi connectivity index (χ3v) is 2.26. The fourth-order valence-corrected chi connectivity index (χ4v) is 1.30. The molecule has 4 nitrogen and oxygen atoms in total. The maximum Gasteiger partial charge on any atom is 1.00 e. The van der Waals surface area contributed by atoms with Gasteiger partial charge in [0.1, 0.15) is 5.69 Å². The molecule has 0 heterocycles. The Morgan fingerprint density at radius 1 is 1.48 bits per heavy atom. The van der Waals surface area contributed by atoms with Gasteiger partial charge in [0, 0.05) is 0 Å². The first-order chi connectivity index (χ1) is 9.37. The number of ether oxygens (including phenoxy) is 1. The zero-order valence-corrected chi connectivity index (χ0v) is 13.3. The summed E-state index contributed by atoms with van der Waals surface area (Å²) in [6.07, 6.45) is 2.46. The van der Waals surface area contributed by atoms with E-state index < -0.39 is 0 Å². The molecule has 1 aromatic rings.